The molecule has 2 N–H and O–H groups in total. The van der Waals surface area contributed by atoms with Gasteiger partial charge in [-0.1, -0.05) is 15.9 Å². The summed E-state index contributed by atoms with van der Waals surface area (Å²) in [7, 11) is 1.63. The molecule has 14 heavy (non-hydrogen) atoms. The van der Waals surface area contributed by atoms with Crippen molar-refractivity contribution in [3.63, 3.8) is 0 Å². The van der Waals surface area contributed by atoms with E-state index in [4.69, 9.17) is 15.2 Å². The first-order valence-electron chi connectivity index (χ1n) is 4.48. The van der Waals surface area contributed by atoms with Crippen LogP contribution in [-0.2, 0) is 0 Å². The highest BCUT2D eigenvalue weighted by atomic mass is 79.9. The second kappa shape index (κ2) is 3.79. The minimum Gasteiger partial charge on any atom is -0.493 e. The Morgan fingerprint density at radius 1 is 1.57 bits per heavy atom. The number of benzene rings is 1. The van der Waals surface area contributed by atoms with Crippen molar-refractivity contribution in [2.24, 2.45) is 5.73 Å². The Morgan fingerprint density at radius 3 is 3.07 bits per heavy atom. The van der Waals surface area contributed by atoms with Gasteiger partial charge in [0.1, 0.15) is 0 Å². The zero-order chi connectivity index (χ0) is 10.1. The minimum absolute atomic E-state index is 0.0464. The van der Waals surface area contributed by atoms with Gasteiger partial charge in [0, 0.05) is 22.5 Å². The van der Waals surface area contributed by atoms with Gasteiger partial charge in [-0.05, 0) is 12.1 Å². The highest BCUT2D eigenvalue weighted by Crippen LogP contribution is 2.40. The minimum atomic E-state index is 0.0464. The molecule has 1 aromatic carbocycles. The van der Waals surface area contributed by atoms with Crippen molar-refractivity contribution in [1.29, 1.82) is 0 Å². The third-order valence-corrected chi connectivity index (χ3v) is 2.80. The van der Waals surface area contributed by atoms with Gasteiger partial charge in [0.2, 0.25) is 0 Å². The normalized spacial score (nSPS) is 19.8. The average molecular weight is 258 g/mol. The lowest BCUT2D eigenvalue weighted by atomic mass is 10.0. The molecule has 0 aliphatic carbocycles. The Balaban J connectivity index is 2.54. The van der Waals surface area contributed by atoms with Gasteiger partial charge in [0.05, 0.1) is 13.7 Å². The Labute approximate surface area is 91.3 Å². The van der Waals surface area contributed by atoms with Gasteiger partial charge in [-0.15, -0.1) is 0 Å². The van der Waals surface area contributed by atoms with Gasteiger partial charge in [-0.2, -0.15) is 0 Å². The van der Waals surface area contributed by atoms with E-state index in [1.165, 1.54) is 0 Å². The van der Waals surface area contributed by atoms with Crippen LogP contribution in [0.25, 0.3) is 0 Å². The van der Waals surface area contributed by atoms with Crippen LogP contribution in [0.4, 0.5) is 0 Å². The fourth-order valence-corrected chi connectivity index (χ4v) is 2.07. The second-order valence-electron chi connectivity index (χ2n) is 3.27. The predicted molar refractivity (Wildman–Crippen MR) is 57.7 cm³/mol. The summed E-state index contributed by atoms with van der Waals surface area (Å²) in [4.78, 5) is 0. The Kier molecular flexibility index (Phi) is 2.65. The summed E-state index contributed by atoms with van der Waals surface area (Å²) in [6, 6.07) is 3.92. The Morgan fingerprint density at radius 2 is 2.36 bits per heavy atom. The molecule has 0 spiro atoms. The van der Waals surface area contributed by atoms with Crippen LogP contribution in [0.3, 0.4) is 0 Å². The number of fused-ring (bicyclic) bond motifs is 1. The summed E-state index contributed by atoms with van der Waals surface area (Å²) in [6.07, 6.45) is 0.854. The van der Waals surface area contributed by atoms with Crippen LogP contribution < -0.4 is 15.2 Å². The molecule has 0 aromatic heterocycles. The van der Waals surface area contributed by atoms with Gasteiger partial charge in [-0.3, -0.25) is 0 Å². The molecule has 3 nitrogen and oxygen atoms in total. The molecule has 1 aliphatic heterocycles. The first-order valence-corrected chi connectivity index (χ1v) is 5.27. The van der Waals surface area contributed by atoms with Gasteiger partial charge >= 0.3 is 0 Å². The molecule has 0 saturated carbocycles. The number of nitrogens with two attached hydrogens (primary N) is 1. The molecule has 76 valence electrons. The second-order valence-corrected chi connectivity index (χ2v) is 4.19. The monoisotopic (exact) mass is 257 g/mol. The van der Waals surface area contributed by atoms with Gasteiger partial charge in [0.25, 0.3) is 0 Å². The van der Waals surface area contributed by atoms with Gasteiger partial charge < -0.3 is 15.2 Å². The number of methoxy groups -OCH3 is 1. The van der Waals surface area contributed by atoms with Crippen molar-refractivity contribution in [3.05, 3.63) is 22.2 Å². The maximum atomic E-state index is 5.98. The first kappa shape index (κ1) is 9.80. The zero-order valence-corrected chi connectivity index (χ0v) is 9.50. The largest absolute Gasteiger partial charge is 0.493 e. The molecule has 1 aliphatic rings. The molecule has 1 heterocycles. The molecule has 0 bridgehead atoms. The number of hydrogen-bond donors (Lipinski definition) is 1. The molecular weight excluding hydrogens is 246 g/mol. The molecular formula is C10H12BrNO2. The first-order chi connectivity index (χ1) is 6.72. The third-order valence-electron chi connectivity index (χ3n) is 2.34. The third kappa shape index (κ3) is 1.60. The van der Waals surface area contributed by atoms with Crippen molar-refractivity contribution in [2.75, 3.05) is 13.7 Å². The summed E-state index contributed by atoms with van der Waals surface area (Å²) in [6.45, 7) is 0.659. The van der Waals surface area contributed by atoms with Gasteiger partial charge in [-0.25, -0.2) is 0 Å². The highest BCUT2D eigenvalue weighted by molar-refractivity contribution is 9.10. The van der Waals surface area contributed by atoms with Crippen LogP contribution in [0.15, 0.2) is 16.6 Å². The van der Waals surface area contributed by atoms with E-state index in [0.717, 1.165) is 28.0 Å². The van der Waals surface area contributed by atoms with Crippen LogP contribution in [0.2, 0.25) is 0 Å². The molecule has 1 unspecified atom stereocenters. The number of ether oxygens (including phenoxy) is 2. The highest BCUT2D eigenvalue weighted by Gasteiger charge is 2.22. The van der Waals surface area contributed by atoms with E-state index < -0.39 is 0 Å². The molecule has 1 aromatic rings. The SMILES string of the molecule is COc1cc(Br)cc2c1OCCC2N. The smallest absolute Gasteiger partial charge is 0.165 e. The lowest BCUT2D eigenvalue weighted by Gasteiger charge is -2.24. The fraction of sp³-hybridized carbons (Fsp3) is 0.400. The summed E-state index contributed by atoms with van der Waals surface area (Å²) in [5.74, 6) is 1.53. The van der Waals surface area contributed by atoms with Crippen LogP contribution in [0.5, 0.6) is 11.5 Å². The summed E-state index contributed by atoms with van der Waals surface area (Å²) in [5, 5.41) is 0. The van der Waals surface area contributed by atoms with Crippen molar-refractivity contribution >= 4 is 15.9 Å². The van der Waals surface area contributed by atoms with Crippen LogP contribution in [-0.4, -0.2) is 13.7 Å². The molecule has 0 saturated heterocycles. The van der Waals surface area contributed by atoms with E-state index in [1.54, 1.807) is 7.11 Å². The van der Waals surface area contributed by atoms with Crippen LogP contribution in [0, 0.1) is 0 Å². The number of halogens is 1. The van der Waals surface area contributed by atoms with E-state index >= 15 is 0 Å². The zero-order valence-electron chi connectivity index (χ0n) is 7.92. The summed E-state index contributed by atoms with van der Waals surface area (Å²) in [5.41, 5.74) is 7.00. The molecule has 2 rings (SSSR count). The fourth-order valence-electron chi connectivity index (χ4n) is 1.61. The van der Waals surface area contributed by atoms with Crippen molar-refractivity contribution in [3.8, 4) is 11.5 Å². The van der Waals surface area contributed by atoms with Crippen molar-refractivity contribution in [2.45, 2.75) is 12.5 Å². The molecule has 0 radical (unpaired) electrons. The molecule has 0 fully saturated rings. The van der Waals surface area contributed by atoms with Crippen LogP contribution >= 0.6 is 15.9 Å². The average Bonchev–Trinajstić information content (AvgIpc) is 2.18. The van der Waals surface area contributed by atoms with E-state index in [1.807, 2.05) is 12.1 Å². The standard InChI is InChI=1S/C10H12BrNO2/c1-13-9-5-6(11)4-7-8(12)2-3-14-10(7)9/h4-5,8H,2-3,12H2,1H3. The lowest BCUT2D eigenvalue weighted by Crippen LogP contribution is -2.21. The van der Waals surface area contributed by atoms with E-state index in [9.17, 15) is 0 Å². The van der Waals surface area contributed by atoms with E-state index in [0.29, 0.717) is 6.61 Å². The Hall–Kier alpha value is -0.740. The van der Waals surface area contributed by atoms with Crippen LogP contribution in [0.1, 0.15) is 18.0 Å². The topological polar surface area (TPSA) is 44.5 Å². The van der Waals surface area contributed by atoms with Crippen molar-refractivity contribution < 1.29 is 9.47 Å². The number of rotatable bonds is 1. The van der Waals surface area contributed by atoms with E-state index in [-0.39, 0.29) is 6.04 Å². The number of hydrogen-bond acceptors (Lipinski definition) is 3. The predicted octanol–water partition coefficient (Wildman–Crippen LogP) is 2.24. The maximum absolute atomic E-state index is 5.98. The van der Waals surface area contributed by atoms with Gasteiger partial charge in [0.15, 0.2) is 11.5 Å². The van der Waals surface area contributed by atoms with Crippen molar-refractivity contribution in [1.82, 2.24) is 0 Å². The Bertz CT molecular complexity index is 354. The maximum Gasteiger partial charge on any atom is 0.165 e. The molecule has 0 amide bonds. The molecule has 1 atom stereocenters. The quantitative estimate of drug-likeness (QED) is 0.840. The lowest BCUT2D eigenvalue weighted by molar-refractivity contribution is 0.252. The molecule has 4 heteroatoms. The summed E-state index contributed by atoms with van der Waals surface area (Å²) < 4.78 is 11.7. The summed E-state index contributed by atoms with van der Waals surface area (Å²) >= 11 is 3.42. The van der Waals surface area contributed by atoms with E-state index in [2.05, 4.69) is 15.9 Å².